The van der Waals surface area contributed by atoms with Crippen molar-refractivity contribution in [2.24, 2.45) is 0 Å². The fourth-order valence-electron chi connectivity index (χ4n) is 1.51. The SMILES string of the molecule is [c]1cc(-c2cc3cccoc-3c2)n[nH]1. The number of nitrogens with one attached hydrogen (secondary N) is 1. The fourth-order valence-corrected chi connectivity index (χ4v) is 1.51. The molecule has 1 radical (unpaired) electrons. The van der Waals surface area contributed by atoms with Crippen LogP contribution >= 0.6 is 0 Å². The standard InChI is InChI=1S/C11H7N2O/c1-2-8-6-9(7-11(8)14-5-1)10-3-4-12-13-10/h1-3,5-7H,(H,12,13). The quantitative estimate of drug-likeness (QED) is 0.630. The van der Waals surface area contributed by atoms with Crippen LogP contribution in [0.2, 0.25) is 0 Å². The van der Waals surface area contributed by atoms with Crippen molar-refractivity contribution in [1.29, 1.82) is 0 Å². The minimum absolute atomic E-state index is 0.880. The van der Waals surface area contributed by atoms with E-state index < -0.39 is 0 Å². The van der Waals surface area contributed by atoms with Crippen LogP contribution in [0.1, 0.15) is 0 Å². The summed E-state index contributed by atoms with van der Waals surface area (Å²) in [6, 6.07) is 9.72. The molecule has 0 fully saturated rings. The zero-order valence-corrected chi connectivity index (χ0v) is 7.32. The van der Waals surface area contributed by atoms with Gasteiger partial charge in [-0.1, -0.05) is 0 Å². The molecule has 1 aliphatic heterocycles. The largest absolute Gasteiger partial charge is 0.464 e. The maximum absolute atomic E-state index is 5.34. The van der Waals surface area contributed by atoms with E-state index in [1.54, 1.807) is 6.26 Å². The number of aromatic nitrogens is 2. The molecule has 1 aromatic rings. The van der Waals surface area contributed by atoms with Gasteiger partial charge in [-0.05, 0) is 30.3 Å². The highest BCUT2D eigenvalue weighted by Crippen LogP contribution is 2.30. The summed E-state index contributed by atoms with van der Waals surface area (Å²) in [7, 11) is 0. The van der Waals surface area contributed by atoms with Gasteiger partial charge >= 0.3 is 0 Å². The monoisotopic (exact) mass is 183 g/mol. The molecule has 0 atom stereocenters. The third-order valence-corrected chi connectivity index (χ3v) is 2.18. The van der Waals surface area contributed by atoms with Gasteiger partial charge in [0.2, 0.25) is 0 Å². The second kappa shape index (κ2) is 2.73. The predicted molar refractivity (Wildman–Crippen MR) is 51.7 cm³/mol. The molecule has 1 aliphatic carbocycles. The van der Waals surface area contributed by atoms with Crippen LogP contribution in [0.5, 0.6) is 0 Å². The summed E-state index contributed by atoms with van der Waals surface area (Å²) in [6.07, 6.45) is 4.48. The van der Waals surface area contributed by atoms with Crippen LogP contribution in [0.4, 0.5) is 0 Å². The molecule has 67 valence electrons. The molecule has 0 saturated heterocycles. The number of H-pyrrole nitrogens is 1. The molecule has 14 heavy (non-hydrogen) atoms. The number of fused-ring (bicyclic) bond motifs is 1. The number of nitrogens with zero attached hydrogens (tertiary/aromatic N) is 1. The number of aromatic amines is 1. The molecule has 2 heterocycles. The Morgan fingerprint density at radius 3 is 3.07 bits per heavy atom. The molecule has 0 bridgehead atoms. The topological polar surface area (TPSA) is 41.8 Å². The van der Waals surface area contributed by atoms with Crippen molar-refractivity contribution < 1.29 is 4.42 Å². The summed E-state index contributed by atoms with van der Waals surface area (Å²) in [6.45, 7) is 0. The zero-order valence-electron chi connectivity index (χ0n) is 7.32. The van der Waals surface area contributed by atoms with Crippen LogP contribution in [0.25, 0.3) is 22.6 Å². The predicted octanol–water partition coefficient (Wildman–Crippen LogP) is 2.57. The molecule has 3 heteroatoms. The highest BCUT2D eigenvalue weighted by Gasteiger charge is 2.10. The van der Waals surface area contributed by atoms with E-state index in [2.05, 4.69) is 16.4 Å². The molecule has 1 N–H and O–H groups in total. The van der Waals surface area contributed by atoms with Gasteiger partial charge in [0.1, 0.15) is 5.76 Å². The first-order valence-corrected chi connectivity index (χ1v) is 4.32. The van der Waals surface area contributed by atoms with E-state index in [9.17, 15) is 0 Å². The lowest BCUT2D eigenvalue weighted by Crippen LogP contribution is -1.71. The smallest absolute Gasteiger partial charge is 0.134 e. The van der Waals surface area contributed by atoms with E-state index in [-0.39, 0.29) is 0 Å². The van der Waals surface area contributed by atoms with Crippen LogP contribution in [-0.2, 0) is 0 Å². The van der Waals surface area contributed by atoms with Gasteiger partial charge in [-0.2, -0.15) is 5.10 Å². The Morgan fingerprint density at radius 2 is 2.29 bits per heavy atom. The summed E-state index contributed by atoms with van der Waals surface area (Å²) in [5, 5.41) is 6.73. The van der Waals surface area contributed by atoms with E-state index in [0.29, 0.717) is 0 Å². The van der Waals surface area contributed by atoms with E-state index in [0.717, 1.165) is 22.6 Å². The Kier molecular flexibility index (Phi) is 1.44. The normalized spacial score (nSPS) is 10.9. The van der Waals surface area contributed by atoms with Crippen molar-refractivity contribution in [1.82, 2.24) is 10.2 Å². The van der Waals surface area contributed by atoms with Crippen molar-refractivity contribution in [3.05, 3.63) is 42.8 Å². The molecule has 0 unspecified atom stereocenters. The van der Waals surface area contributed by atoms with Gasteiger partial charge in [0, 0.05) is 11.1 Å². The molecular weight excluding hydrogens is 176 g/mol. The van der Waals surface area contributed by atoms with E-state index in [4.69, 9.17) is 4.42 Å². The summed E-state index contributed by atoms with van der Waals surface area (Å²) in [4.78, 5) is 0. The van der Waals surface area contributed by atoms with Crippen molar-refractivity contribution in [2.75, 3.05) is 0 Å². The van der Waals surface area contributed by atoms with Gasteiger partial charge in [0.15, 0.2) is 0 Å². The van der Waals surface area contributed by atoms with Crippen molar-refractivity contribution in [2.45, 2.75) is 0 Å². The number of rotatable bonds is 1. The van der Waals surface area contributed by atoms with E-state index in [1.165, 1.54) is 0 Å². The molecular formula is C11H7N2O. The van der Waals surface area contributed by atoms with Crippen LogP contribution < -0.4 is 0 Å². The first-order valence-electron chi connectivity index (χ1n) is 4.32. The summed E-state index contributed by atoms with van der Waals surface area (Å²) >= 11 is 0. The van der Waals surface area contributed by atoms with E-state index >= 15 is 0 Å². The van der Waals surface area contributed by atoms with Crippen molar-refractivity contribution in [3.63, 3.8) is 0 Å². The molecule has 2 aliphatic rings. The third-order valence-electron chi connectivity index (χ3n) is 2.18. The lowest BCUT2D eigenvalue weighted by molar-refractivity contribution is 0.567. The van der Waals surface area contributed by atoms with Crippen LogP contribution in [0, 0.1) is 6.20 Å². The Labute approximate surface area is 80.7 Å². The van der Waals surface area contributed by atoms with Crippen molar-refractivity contribution >= 4 is 0 Å². The lowest BCUT2D eigenvalue weighted by Gasteiger charge is -1.91. The highest BCUT2D eigenvalue weighted by molar-refractivity contribution is 5.74. The van der Waals surface area contributed by atoms with Gasteiger partial charge in [-0.3, -0.25) is 5.10 Å². The first kappa shape index (κ1) is 7.38. The Morgan fingerprint density at radius 1 is 1.29 bits per heavy atom. The van der Waals surface area contributed by atoms with Crippen LogP contribution in [-0.4, -0.2) is 10.2 Å². The highest BCUT2D eigenvalue weighted by atomic mass is 16.3. The fraction of sp³-hybridized carbons (Fsp3) is 0. The van der Waals surface area contributed by atoms with Crippen LogP contribution in [0.15, 0.2) is 41.0 Å². The summed E-state index contributed by atoms with van der Waals surface area (Å²) in [5.41, 5.74) is 3.02. The molecule has 1 aromatic heterocycles. The molecule has 0 amide bonds. The summed E-state index contributed by atoms with van der Waals surface area (Å²) < 4.78 is 5.34. The lowest BCUT2D eigenvalue weighted by atomic mass is 10.2. The van der Waals surface area contributed by atoms with Gasteiger partial charge in [-0.15, -0.1) is 0 Å². The number of hydrogen-bond donors (Lipinski definition) is 1. The third kappa shape index (κ3) is 1.03. The molecule has 3 nitrogen and oxygen atoms in total. The van der Waals surface area contributed by atoms with Crippen molar-refractivity contribution in [3.8, 4) is 22.6 Å². The summed E-state index contributed by atoms with van der Waals surface area (Å²) in [5.74, 6) is 0.880. The van der Waals surface area contributed by atoms with Gasteiger partial charge in [-0.25, -0.2) is 0 Å². The maximum atomic E-state index is 5.34. The van der Waals surface area contributed by atoms with Crippen LogP contribution in [0.3, 0.4) is 0 Å². The minimum atomic E-state index is 0.880. The molecule has 0 spiro atoms. The molecule has 0 saturated carbocycles. The zero-order chi connectivity index (χ0) is 9.38. The Hall–Kier alpha value is -2.03. The maximum Gasteiger partial charge on any atom is 0.134 e. The second-order valence-electron chi connectivity index (χ2n) is 3.07. The van der Waals surface area contributed by atoms with Gasteiger partial charge < -0.3 is 4.42 Å². The Bertz CT molecular complexity index is 480. The molecule has 3 rings (SSSR count). The number of hydrogen-bond acceptors (Lipinski definition) is 2. The van der Waals surface area contributed by atoms with Gasteiger partial charge in [0.05, 0.1) is 18.2 Å². The Balaban J connectivity index is 2.21. The average Bonchev–Trinajstić information content (AvgIpc) is 2.86. The van der Waals surface area contributed by atoms with E-state index in [1.807, 2.05) is 30.3 Å². The average molecular weight is 183 g/mol. The second-order valence-corrected chi connectivity index (χ2v) is 3.07. The minimum Gasteiger partial charge on any atom is -0.464 e. The van der Waals surface area contributed by atoms with Gasteiger partial charge in [0.25, 0.3) is 0 Å². The molecule has 0 aromatic carbocycles. The first-order chi connectivity index (χ1) is 6.93.